The molecule has 0 aliphatic heterocycles. The van der Waals surface area contributed by atoms with Crippen molar-refractivity contribution >= 4 is 29.3 Å². The molecule has 2 N–H and O–H groups in total. The molecule has 1 heterocycles. The topological polar surface area (TPSA) is 74.8 Å². The number of amides is 1. The molecule has 0 radical (unpaired) electrons. The lowest BCUT2D eigenvalue weighted by molar-refractivity contribution is -0.120. The van der Waals surface area contributed by atoms with E-state index in [-0.39, 0.29) is 17.9 Å². The summed E-state index contributed by atoms with van der Waals surface area (Å²) in [6.07, 6.45) is 0.0884. The van der Waals surface area contributed by atoms with Crippen molar-refractivity contribution in [3.05, 3.63) is 57.0 Å². The molecule has 0 atom stereocenters. The van der Waals surface area contributed by atoms with Gasteiger partial charge in [-0.2, -0.15) is 0 Å². The Kier molecular flexibility index (Phi) is 5.41. The number of thioether (sulfide) groups is 1. The van der Waals surface area contributed by atoms with Crippen LogP contribution in [0.2, 0.25) is 5.02 Å². The second-order valence-corrected chi connectivity index (χ2v) is 5.71. The molecule has 2 rings (SSSR count). The summed E-state index contributed by atoms with van der Waals surface area (Å²) in [6, 6.07) is 8.82. The number of benzene rings is 1. The zero-order valence-electron chi connectivity index (χ0n) is 11.4. The van der Waals surface area contributed by atoms with E-state index in [1.54, 1.807) is 13.1 Å². The molecular formula is C14H14ClN3O2S. The minimum Gasteiger partial charge on any atom is -0.359 e. The van der Waals surface area contributed by atoms with Crippen molar-refractivity contribution in [2.45, 2.75) is 17.3 Å². The van der Waals surface area contributed by atoms with Crippen LogP contribution in [0.25, 0.3) is 0 Å². The molecule has 110 valence electrons. The minimum absolute atomic E-state index is 0.0884. The smallest absolute Gasteiger partial charge is 0.251 e. The molecule has 7 heteroatoms. The number of aromatic nitrogens is 2. The molecule has 0 saturated heterocycles. The van der Waals surface area contributed by atoms with E-state index in [1.807, 2.05) is 18.2 Å². The lowest BCUT2D eigenvalue weighted by Gasteiger charge is -2.04. The van der Waals surface area contributed by atoms with Gasteiger partial charge in [0.2, 0.25) is 5.91 Å². The number of hydrogen-bond acceptors (Lipinski definition) is 4. The maximum atomic E-state index is 11.6. The van der Waals surface area contributed by atoms with Crippen LogP contribution in [-0.2, 0) is 17.0 Å². The zero-order chi connectivity index (χ0) is 15.2. The third-order valence-electron chi connectivity index (χ3n) is 2.66. The maximum Gasteiger partial charge on any atom is 0.251 e. The minimum atomic E-state index is -0.266. The van der Waals surface area contributed by atoms with Gasteiger partial charge in [-0.25, -0.2) is 4.98 Å². The maximum absolute atomic E-state index is 11.6. The molecule has 0 aliphatic carbocycles. The summed E-state index contributed by atoms with van der Waals surface area (Å²) in [5.74, 6) is 0.450. The van der Waals surface area contributed by atoms with Crippen molar-refractivity contribution in [1.29, 1.82) is 0 Å². The van der Waals surface area contributed by atoms with Gasteiger partial charge in [0.1, 0.15) is 0 Å². The number of nitrogens with one attached hydrogen (secondary N) is 2. The van der Waals surface area contributed by atoms with Gasteiger partial charge in [0, 0.05) is 23.9 Å². The molecule has 1 amide bonds. The fourth-order valence-electron chi connectivity index (χ4n) is 1.67. The van der Waals surface area contributed by atoms with Crippen LogP contribution in [0.3, 0.4) is 0 Å². The van der Waals surface area contributed by atoms with Crippen molar-refractivity contribution in [3.8, 4) is 0 Å². The van der Waals surface area contributed by atoms with Crippen LogP contribution in [0, 0.1) is 0 Å². The molecule has 0 unspecified atom stereocenters. The average Bonchev–Trinajstić information content (AvgIpc) is 2.44. The van der Waals surface area contributed by atoms with Crippen LogP contribution in [0.5, 0.6) is 0 Å². The fraction of sp³-hybridized carbons (Fsp3) is 0.214. The van der Waals surface area contributed by atoms with E-state index >= 15 is 0 Å². The summed E-state index contributed by atoms with van der Waals surface area (Å²) in [5.41, 5.74) is 1.22. The van der Waals surface area contributed by atoms with Gasteiger partial charge in [-0.15, -0.1) is 0 Å². The van der Waals surface area contributed by atoms with E-state index in [0.717, 1.165) is 5.56 Å². The number of carbonyl (C=O) groups excluding carboxylic acids is 1. The van der Waals surface area contributed by atoms with Crippen molar-refractivity contribution in [2.24, 2.45) is 0 Å². The van der Waals surface area contributed by atoms with Gasteiger partial charge in [0.15, 0.2) is 5.16 Å². The van der Waals surface area contributed by atoms with Crippen molar-refractivity contribution in [3.63, 3.8) is 0 Å². The van der Waals surface area contributed by atoms with Gasteiger partial charge in [0.05, 0.1) is 12.1 Å². The first-order chi connectivity index (χ1) is 10.1. The summed E-state index contributed by atoms with van der Waals surface area (Å²) in [4.78, 5) is 29.8. The predicted octanol–water partition coefficient (Wildman–Crippen LogP) is 2.00. The lowest BCUT2D eigenvalue weighted by atomic mass is 10.2. The molecule has 0 saturated carbocycles. The number of halogens is 1. The van der Waals surface area contributed by atoms with Crippen LogP contribution in [0.1, 0.15) is 11.3 Å². The second kappa shape index (κ2) is 7.28. The Labute approximate surface area is 131 Å². The monoisotopic (exact) mass is 323 g/mol. The van der Waals surface area contributed by atoms with Crippen LogP contribution < -0.4 is 10.9 Å². The Morgan fingerprint density at radius 3 is 2.95 bits per heavy atom. The zero-order valence-corrected chi connectivity index (χ0v) is 12.9. The first-order valence-electron chi connectivity index (χ1n) is 6.25. The molecule has 0 aliphatic rings. The molecule has 0 fully saturated rings. The Bertz CT molecular complexity index is 703. The summed E-state index contributed by atoms with van der Waals surface area (Å²) < 4.78 is 0. The summed E-state index contributed by atoms with van der Waals surface area (Å²) >= 11 is 7.31. The number of nitrogens with zero attached hydrogens (tertiary/aromatic N) is 1. The Morgan fingerprint density at radius 1 is 1.43 bits per heavy atom. The van der Waals surface area contributed by atoms with Gasteiger partial charge in [0.25, 0.3) is 5.56 Å². The van der Waals surface area contributed by atoms with Crippen LogP contribution in [0.15, 0.2) is 40.3 Å². The van der Waals surface area contributed by atoms with Gasteiger partial charge in [-0.05, 0) is 17.7 Å². The summed E-state index contributed by atoms with van der Waals surface area (Å²) in [5, 5.41) is 3.66. The van der Waals surface area contributed by atoms with E-state index < -0.39 is 0 Å². The van der Waals surface area contributed by atoms with E-state index in [4.69, 9.17) is 11.6 Å². The highest BCUT2D eigenvalue weighted by molar-refractivity contribution is 7.98. The molecule has 1 aromatic heterocycles. The molecule has 1 aromatic carbocycles. The molecule has 2 aromatic rings. The molecule has 21 heavy (non-hydrogen) atoms. The fourth-order valence-corrected chi connectivity index (χ4v) is 2.72. The summed E-state index contributed by atoms with van der Waals surface area (Å²) in [6.45, 7) is 0. The number of hydrogen-bond donors (Lipinski definition) is 2. The standard InChI is InChI=1S/C14H14ClN3O2S/c1-16-12(19)6-11-7-13(20)18-14(17-11)21-8-9-3-2-4-10(15)5-9/h2-5,7H,6,8H2,1H3,(H,16,19)(H,17,18,20). The van der Waals surface area contributed by atoms with E-state index in [9.17, 15) is 9.59 Å². The van der Waals surface area contributed by atoms with Crippen LogP contribution >= 0.6 is 23.4 Å². The quantitative estimate of drug-likeness (QED) is 0.652. The molecule has 5 nitrogen and oxygen atoms in total. The highest BCUT2D eigenvalue weighted by atomic mass is 35.5. The number of carbonyl (C=O) groups is 1. The van der Waals surface area contributed by atoms with Crippen LogP contribution in [0.4, 0.5) is 0 Å². The SMILES string of the molecule is CNC(=O)Cc1cc(=O)[nH]c(SCc2cccc(Cl)c2)n1. The normalized spacial score (nSPS) is 10.4. The lowest BCUT2D eigenvalue weighted by Crippen LogP contribution is -2.22. The Hall–Kier alpha value is -1.79. The van der Waals surface area contributed by atoms with E-state index in [0.29, 0.717) is 21.6 Å². The highest BCUT2D eigenvalue weighted by Gasteiger charge is 2.07. The van der Waals surface area contributed by atoms with Crippen molar-refractivity contribution in [1.82, 2.24) is 15.3 Å². The third-order valence-corrected chi connectivity index (χ3v) is 3.84. The average molecular weight is 324 g/mol. The molecule has 0 spiro atoms. The van der Waals surface area contributed by atoms with Gasteiger partial charge in [-0.1, -0.05) is 35.5 Å². The van der Waals surface area contributed by atoms with Gasteiger partial charge in [-0.3, -0.25) is 9.59 Å². The predicted molar refractivity (Wildman–Crippen MR) is 83.6 cm³/mol. The first-order valence-corrected chi connectivity index (χ1v) is 7.61. The molecular weight excluding hydrogens is 310 g/mol. The first kappa shape index (κ1) is 15.6. The largest absolute Gasteiger partial charge is 0.359 e. The van der Waals surface area contributed by atoms with Gasteiger partial charge >= 0.3 is 0 Å². The van der Waals surface area contributed by atoms with Gasteiger partial charge < -0.3 is 10.3 Å². The van der Waals surface area contributed by atoms with Crippen molar-refractivity contribution in [2.75, 3.05) is 7.05 Å². The number of aromatic amines is 1. The number of rotatable bonds is 5. The highest BCUT2D eigenvalue weighted by Crippen LogP contribution is 2.20. The molecule has 0 bridgehead atoms. The Morgan fingerprint density at radius 2 is 2.24 bits per heavy atom. The van der Waals surface area contributed by atoms with E-state index in [1.165, 1.54) is 17.8 Å². The number of likely N-dealkylation sites (N-methyl/N-ethyl adjacent to an activating group) is 1. The van der Waals surface area contributed by atoms with Crippen molar-refractivity contribution < 1.29 is 4.79 Å². The third kappa shape index (κ3) is 4.91. The summed E-state index contributed by atoms with van der Waals surface area (Å²) in [7, 11) is 1.55. The Balaban J connectivity index is 2.09. The second-order valence-electron chi connectivity index (χ2n) is 4.31. The van der Waals surface area contributed by atoms with Crippen LogP contribution in [-0.4, -0.2) is 22.9 Å². The van der Waals surface area contributed by atoms with E-state index in [2.05, 4.69) is 15.3 Å². The number of H-pyrrole nitrogens is 1.